The maximum absolute atomic E-state index is 12.7. The average Bonchev–Trinajstić information content (AvgIpc) is 2.35. The fourth-order valence-corrected chi connectivity index (χ4v) is 1.83. The third-order valence-corrected chi connectivity index (χ3v) is 2.89. The van der Waals surface area contributed by atoms with Crippen molar-refractivity contribution < 1.29 is 9.18 Å². The van der Waals surface area contributed by atoms with Gasteiger partial charge >= 0.3 is 0 Å². The van der Waals surface area contributed by atoms with E-state index >= 15 is 0 Å². The summed E-state index contributed by atoms with van der Waals surface area (Å²) in [5, 5.41) is 2.71. The van der Waals surface area contributed by atoms with Gasteiger partial charge in [-0.25, -0.2) is 9.37 Å². The molecule has 0 atom stereocenters. The Hall–Kier alpha value is -1.46. The van der Waals surface area contributed by atoms with Crippen LogP contribution in [0.4, 0.5) is 10.1 Å². The summed E-state index contributed by atoms with van der Waals surface area (Å²) in [6, 6.07) is 7.01. The van der Waals surface area contributed by atoms with Gasteiger partial charge in [0.1, 0.15) is 11.0 Å². The van der Waals surface area contributed by atoms with Gasteiger partial charge in [-0.3, -0.25) is 4.79 Å². The Morgan fingerprint density at radius 1 is 1.33 bits per heavy atom. The zero-order chi connectivity index (χ0) is 13.1. The molecule has 0 spiro atoms. The molecule has 0 aliphatic heterocycles. The van der Waals surface area contributed by atoms with E-state index in [1.54, 1.807) is 6.07 Å². The molecule has 0 bridgehead atoms. The van der Waals surface area contributed by atoms with Gasteiger partial charge in [-0.15, -0.1) is 0 Å². The Kier molecular flexibility index (Phi) is 3.93. The molecule has 0 unspecified atom stereocenters. The molecule has 0 fully saturated rings. The first kappa shape index (κ1) is 13.0. The highest BCUT2D eigenvalue weighted by Gasteiger charge is 2.12. The maximum atomic E-state index is 12.7. The zero-order valence-corrected chi connectivity index (χ0v) is 11.3. The predicted molar refractivity (Wildman–Crippen MR) is 71.3 cm³/mol. The third-order valence-electron chi connectivity index (χ3n) is 2.15. The Bertz CT molecular complexity index is 589. The van der Waals surface area contributed by atoms with Gasteiger partial charge in [0.15, 0.2) is 0 Å². The number of rotatable bonds is 2. The second-order valence-corrected chi connectivity index (χ2v) is 4.73. The van der Waals surface area contributed by atoms with E-state index in [2.05, 4.69) is 26.2 Å². The molecule has 2 rings (SSSR count). The SMILES string of the molecule is O=C(Nc1ccc(F)cc1)c1cc(Br)cnc1Cl. The topological polar surface area (TPSA) is 42.0 Å². The molecule has 1 N–H and O–H groups in total. The largest absolute Gasteiger partial charge is 0.322 e. The minimum atomic E-state index is -0.402. The summed E-state index contributed by atoms with van der Waals surface area (Å²) in [6.45, 7) is 0. The molecule has 18 heavy (non-hydrogen) atoms. The minimum Gasteiger partial charge on any atom is -0.322 e. The van der Waals surface area contributed by atoms with Gasteiger partial charge in [0, 0.05) is 16.4 Å². The summed E-state index contributed by atoms with van der Waals surface area (Å²) >= 11 is 9.04. The molecule has 6 heteroatoms. The lowest BCUT2D eigenvalue weighted by molar-refractivity contribution is 0.102. The monoisotopic (exact) mass is 328 g/mol. The van der Waals surface area contributed by atoms with Crippen molar-refractivity contribution in [3.63, 3.8) is 0 Å². The summed E-state index contributed by atoms with van der Waals surface area (Å²) < 4.78 is 13.4. The van der Waals surface area contributed by atoms with Gasteiger partial charge < -0.3 is 5.32 Å². The first-order valence-electron chi connectivity index (χ1n) is 4.94. The summed E-state index contributed by atoms with van der Waals surface area (Å²) in [5.41, 5.74) is 0.729. The van der Waals surface area contributed by atoms with E-state index in [9.17, 15) is 9.18 Å². The molecular weight excluding hydrogens is 322 g/mol. The number of carbonyl (C=O) groups is 1. The zero-order valence-electron chi connectivity index (χ0n) is 8.95. The number of halogens is 3. The number of nitrogens with zero attached hydrogens (tertiary/aromatic N) is 1. The van der Waals surface area contributed by atoms with Crippen molar-refractivity contribution >= 4 is 39.1 Å². The van der Waals surface area contributed by atoms with Crippen molar-refractivity contribution in [3.05, 3.63) is 57.5 Å². The molecule has 1 amide bonds. The van der Waals surface area contributed by atoms with E-state index in [4.69, 9.17) is 11.6 Å². The molecule has 0 saturated heterocycles. The fraction of sp³-hybridized carbons (Fsp3) is 0. The van der Waals surface area contributed by atoms with Gasteiger partial charge in [0.25, 0.3) is 5.91 Å². The molecule has 0 saturated carbocycles. The van der Waals surface area contributed by atoms with Crippen LogP contribution in [-0.4, -0.2) is 10.9 Å². The lowest BCUT2D eigenvalue weighted by Gasteiger charge is -2.06. The van der Waals surface area contributed by atoms with Crippen molar-refractivity contribution in [1.29, 1.82) is 0 Å². The Morgan fingerprint density at radius 3 is 2.67 bits per heavy atom. The highest BCUT2D eigenvalue weighted by Crippen LogP contribution is 2.19. The lowest BCUT2D eigenvalue weighted by Crippen LogP contribution is -2.13. The van der Waals surface area contributed by atoms with Crippen LogP contribution < -0.4 is 5.32 Å². The van der Waals surface area contributed by atoms with Crippen molar-refractivity contribution in [2.45, 2.75) is 0 Å². The molecule has 92 valence electrons. The average molecular weight is 330 g/mol. The number of amides is 1. The number of hydrogen-bond donors (Lipinski definition) is 1. The highest BCUT2D eigenvalue weighted by atomic mass is 79.9. The van der Waals surface area contributed by atoms with Gasteiger partial charge in [0.05, 0.1) is 5.56 Å². The van der Waals surface area contributed by atoms with E-state index in [0.29, 0.717) is 10.2 Å². The molecule has 3 nitrogen and oxygen atoms in total. The minimum absolute atomic E-state index is 0.109. The first-order valence-corrected chi connectivity index (χ1v) is 6.11. The standard InChI is InChI=1S/C12H7BrClFN2O/c13-7-5-10(11(14)16-6-7)12(18)17-9-3-1-8(15)2-4-9/h1-6H,(H,17,18). The molecule has 1 heterocycles. The molecular formula is C12H7BrClFN2O. The van der Waals surface area contributed by atoms with Crippen molar-refractivity contribution in [2.75, 3.05) is 5.32 Å². The lowest BCUT2D eigenvalue weighted by atomic mass is 10.2. The molecule has 1 aromatic carbocycles. The molecule has 0 aliphatic rings. The van der Waals surface area contributed by atoms with Crippen LogP contribution in [-0.2, 0) is 0 Å². The van der Waals surface area contributed by atoms with Crippen LogP contribution in [0.2, 0.25) is 5.15 Å². The van der Waals surface area contributed by atoms with Crippen LogP contribution in [0.3, 0.4) is 0 Å². The Balaban J connectivity index is 2.21. The van der Waals surface area contributed by atoms with E-state index in [-0.39, 0.29) is 16.5 Å². The third kappa shape index (κ3) is 3.05. The molecule has 0 aliphatic carbocycles. The van der Waals surface area contributed by atoms with Gasteiger partial charge in [-0.05, 0) is 46.3 Å². The maximum Gasteiger partial charge on any atom is 0.258 e. The fourth-order valence-electron chi connectivity index (χ4n) is 1.31. The van der Waals surface area contributed by atoms with Crippen molar-refractivity contribution in [1.82, 2.24) is 4.98 Å². The number of nitrogens with one attached hydrogen (secondary N) is 1. The highest BCUT2D eigenvalue weighted by molar-refractivity contribution is 9.10. The van der Waals surface area contributed by atoms with Crippen molar-refractivity contribution in [3.8, 4) is 0 Å². The van der Waals surface area contributed by atoms with Crippen molar-refractivity contribution in [2.24, 2.45) is 0 Å². The second-order valence-electron chi connectivity index (χ2n) is 3.45. The van der Waals surface area contributed by atoms with E-state index in [1.807, 2.05) is 0 Å². The second kappa shape index (κ2) is 5.46. The van der Waals surface area contributed by atoms with E-state index in [1.165, 1.54) is 30.5 Å². The summed E-state index contributed by atoms with van der Waals surface area (Å²) in [5.74, 6) is -0.768. The number of hydrogen-bond acceptors (Lipinski definition) is 2. The van der Waals surface area contributed by atoms with Crippen LogP contribution in [0.1, 0.15) is 10.4 Å². The number of pyridine rings is 1. The van der Waals surface area contributed by atoms with Crippen LogP contribution in [0.25, 0.3) is 0 Å². The Morgan fingerprint density at radius 2 is 2.00 bits per heavy atom. The smallest absolute Gasteiger partial charge is 0.258 e. The van der Waals surface area contributed by atoms with Gasteiger partial charge in [-0.1, -0.05) is 11.6 Å². The van der Waals surface area contributed by atoms with Gasteiger partial charge in [-0.2, -0.15) is 0 Å². The quantitative estimate of drug-likeness (QED) is 0.849. The molecule has 0 radical (unpaired) electrons. The first-order chi connectivity index (χ1) is 8.56. The number of anilines is 1. The number of benzene rings is 1. The van der Waals surface area contributed by atoms with Crippen LogP contribution >= 0.6 is 27.5 Å². The summed E-state index contributed by atoms with van der Waals surface area (Å²) in [4.78, 5) is 15.8. The summed E-state index contributed by atoms with van der Waals surface area (Å²) in [7, 11) is 0. The van der Waals surface area contributed by atoms with Crippen LogP contribution in [0.15, 0.2) is 41.0 Å². The van der Waals surface area contributed by atoms with Crippen LogP contribution in [0.5, 0.6) is 0 Å². The van der Waals surface area contributed by atoms with E-state index < -0.39 is 5.91 Å². The van der Waals surface area contributed by atoms with E-state index in [0.717, 1.165) is 0 Å². The normalized spacial score (nSPS) is 10.2. The van der Waals surface area contributed by atoms with Gasteiger partial charge in [0.2, 0.25) is 0 Å². The molecule has 2 aromatic rings. The number of carbonyl (C=O) groups excluding carboxylic acids is 1. The predicted octanol–water partition coefficient (Wildman–Crippen LogP) is 3.89. The Labute approximate surface area is 116 Å². The number of aromatic nitrogens is 1. The molecule has 1 aromatic heterocycles. The van der Waals surface area contributed by atoms with Crippen LogP contribution in [0, 0.1) is 5.82 Å². The summed E-state index contributed by atoms with van der Waals surface area (Å²) in [6.07, 6.45) is 1.50.